The minimum absolute atomic E-state index is 0.0435. The van der Waals surface area contributed by atoms with Crippen LogP contribution in [0.5, 0.6) is 0 Å². The zero-order valence-corrected chi connectivity index (χ0v) is 22.2. The van der Waals surface area contributed by atoms with Gasteiger partial charge in [0.05, 0.1) is 0 Å². The van der Waals surface area contributed by atoms with E-state index in [-0.39, 0.29) is 45.9 Å². The highest BCUT2D eigenvalue weighted by atomic mass is 16.4. The molecule has 0 radical (unpaired) electrons. The van der Waals surface area contributed by atoms with Crippen LogP contribution >= 0.6 is 0 Å². The molecule has 0 aromatic rings. The average Bonchev–Trinajstić information content (AvgIpc) is 3.04. The van der Waals surface area contributed by atoms with E-state index in [9.17, 15) is 19.5 Å². The number of hydrogen-bond acceptors (Lipinski definition) is 3. The molecule has 0 aromatic carbocycles. The molecule has 3 rings (SSSR count). The smallest absolute Gasteiger partial charge is 0.331 e. The Morgan fingerprint density at radius 3 is 2.40 bits per heavy atom. The summed E-state index contributed by atoms with van der Waals surface area (Å²) in [5, 5.41) is 18.6. The molecule has 5 nitrogen and oxygen atoms in total. The van der Waals surface area contributed by atoms with Crippen molar-refractivity contribution in [3.63, 3.8) is 0 Å². The number of carboxylic acids is 2. The molecule has 3 aliphatic carbocycles. The molecule has 6 atom stereocenters. The van der Waals surface area contributed by atoms with Crippen LogP contribution in [0.4, 0.5) is 0 Å². The minimum atomic E-state index is -1.06. The molecular formula is C30H42O5. The molecule has 0 unspecified atom stereocenters. The lowest BCUT2D eigenvalue weighted by molar-refractivity contribution is -0.138. The fraction of sp³-hybridized carbons (Fsp3) is 0.633. The van der Waals surface area contributed by atoms with Gasteiger partial charge in [0, 0.05) is 24.3 Å². The molecule has 0 bridgehead atoms. The van der Waals surface area contributed by atoms with Crippen LogP contribution in [-0.4, -0.2) is 27.9 Å². The molecule has 2 N–H and O–H groups in total. The van der Waals surface area contributed by atoms with E-state index >= 15 is 0 Å². The summed E-state index contributed by atoms with van der Waals surface area (Å²) < 4.78 is 0. The number of carbonyl (C=O) groups is 3. The number of aliphatic carboxylic acids is 2. The standard InChI is InChI=1S/C30H42O5/c1-18(2)23-9-8-22-24(28(23,5)13-12-26(32)33)10-15-30(7)25(22)11-14-29(30,6)20(4)17-21(31)16-19(3)27(34)35/h8-9,16,20,23-24H,1,10-15,17H2,2-7H3,(H,32,33)(H,34,35)/b19-16+/t20-,23-,24+,28-,29-,30+/m0/s1. The van der Waals surface area contributed by atoms with Gasteiger partial charge in [-0.3, -0.25) is 9.59 Å². The summed E-state index contributed by atoms with van der Waals surface area (Å²) in [5.74, 6) is -1.36. The molecule has 1 fully saturated rings. The third-order valence-corrected chi connectivity index (χ3v) is 10.2. The monoisotopic (exact) mass is 482 g/mol. The van der Waals surface area contributed by atoms with Gasteiger partial charge in [-0.05, 0) is 85.7 Å². The lowest BCUT2D eigenvalue weighted by atomic mass is 9.49. The van der Waals surface area contributed by atoms with E-state index in [0.29, 0.717) is 18.8 Å². The van der Waals surface area contributed by atoms with E-state index in [2.05, 4.69) is 46.4 Å². The molecule has 192 valence electrons. The largest absolute Gasteiger partial charge is 0.481 e. The number of carbonyl (C=O) groups excluding carboxylic acids is 1. The van der Waals surface area contributed by atoms with E-state index in [1.54, 1.807) is 0 Å². The second-order valence-corrected chi connectivity index (χ2v) is 12.1. The van der Waals surface area contributed by atoms with Crippen molar-refractivity contribution in [2.24, 2.45) is 34.0 Å². The van der Waals surface area contributed by atoms with Crippen LogP contribution in [0.2, 0.25) is 0 Å². The molecular weight excluding hydrogens is 440 g/mol. The van der Waals surface area contributed by atoms with Crippen LogP contribution in [0, 0.1) is 34.0 Å². The summed E-state index contributed by atoms with van der Waals surface area (Å²) in [6.07, 6.45) is 10.9. The van der Waals surface area contributed by atoms with Gasteiger partial charge in [-0.2, -0.15) is 0 Å². The lowest BCUT2D eigenvalue weighted by Crippen LogP contribution is -2.46. The van der Waals surface area contributed by atoms with Crippen molar-refractivity contribution >= 4 is 17.7 Å². The highest BCUT2D eigenvalue weighted by molar-refractivity contribution is 5.98. The second kappa shape index (κ2) is 9.55. The molecule has 1 saturated carbocycles. The molecule has 0 aromatic heterocycles. The van der Waals surface area contributed by atoms with E-state index in [1.807, 2.05) is 6.92 Å². The van der Waals surface area contributed by atoms with Crippen molar-refractivity contribution in [2.45, 2.75) is 86.5 Å². The molecule has 3 aliphatic rings. The summed E-state index contributed by atoms with van der Waals surface area (Å²) in [7, 11) is 0. The minimum Gasteiger partial charge on any atom is -0.481 e. The maximum Gasteiger partial charge on any atom is 0.331 e. The molecule has 0 amide bonds. The Bertz CT molecular complexity index is 1030. The van der Waals surface area contributed by atoms with Gasteiger partial charge >= 0.3 is 11.9 Å². The SMILES string of the molecule is C=C(C)[C@@H]1C=CC2=C3CC[C@@](C)([C@@H](C)CC(=O)/C=C(\C)C(=O)O)[C@]3(C)CC[C@H]2[C@@]1(C)CCC(=O)O. The first-order valence-corrected chi connectivity index (χ1v) is 12.9. The number of ketones is 1. The summed E-state index contributed by atoms with van der Waals surface area (Å²) >= 11 is 0. The third kappa shape index (κ3) is 4.59. The zero-order chi connectivity index (χ0) is 26.3. The van der Waals surface area contributed by atoms with Crippen LogP contribution in [-0.2, 0) is 14.4 Å². The zero-order valence-electron chi connectivity index (χ0n) is 22.2. The Morgan fingerprint density at radius 2 is 1.83 bits per heavy atom. The number of rotatable bonds is 9. The fourth-order valence-electron chi connectivity index (χ4n) is 7.63. The number of allylic oxidation sites excluding steroid dienone is 6. The lowest BCUT2D eigenvalue weighted by Gasteiger charge is -2.55. The summed E-state index contributed by atoms with van der Waals surface area (Å²) in [4.78, 5) is 35.3. The quantitative estimate of drug-likeness (QED) is 0.280. The van der Waals surface area contributed by atoms with Crippen LogP contribution < -0.4 is 0 Å². The van der Waals surface area contributed by atoms with E-state index in [0.717, 1.165) is 31.3 Å². The van der Waals surface area contributed by atoms with Gasteiger partial charge in [0.1, 0.15) is 0 Å². The van der Waals surface area contributed by atoms with Gasteiger partial charge < -0.3 is 10.2 Å². The van der Waals surface area contributed by atoms with Gasteiger partial charge in [0.25, 0.3) is 0 Å². The summed E-state index contributed by atoms with van der Waals surface area (Å²) in [5.41, 5.74) is 3.73. The van der Waals surface area contributed by atoms with Crippen molar-refractivity contribution in [1.82, 2.24) is 0 Å². The van der Waals surface area contributed by atoms with Crippen molar-refractivity contribution in [1.29, 1.82) is 0 Å². The van der Waals surface area contributed by atoms with Crippen LogP contribution in [0.15, 0.2) is 47.1 Å². The molecule has 0 aliphatic heterocycles. The average molecular weight is 483 g/mol. The first-order chi connectivity index (χ1) is 16.2. The maximum atomic E-state index is 12.7. The van der Waals surface area contributed by atoms with E-state index in [4.69, 9.17) is 5.11 Å². The van der Waals surface area contributed by atoms with Crippen LogP contribution in [0.1, 0.15) is 86.5 Å². The molecule has 35 heavy (non-hydrogen) atoms. The molecule has 0 saturated heterocycles. The second-order valence-electron chi connectivity index (χ2n) is 12.1. The number of hydrogen-bond donors (Lipinski definition) is 2. The van der Waals surface area contributed by atoms with Gasteiger partial charge in [0.15, 0.2) is 5.78 Å². The maximum absolute atomic E-state index is 12.7. The van der Waals surface area contributed by atoms with Crippen molar-refractivity contribution < 1.29 is 24.6 Å². The van der Waals surface area contributed by atoms with Gasteiger partial charge in [-0.1, -0.05) is 57.6 Å². The first-order valence-electron chi connectivity index (χ1n) is 12.9. The van der Waals surface area contributed by atoms with Crippen LogP contribution in [0.3, 0.4) is 0 Å². The first kappa shape index (κ1) is 27.2. The van der Waals surface area contributed by atoms with Crippen molar-refractivity contribution in [3.8, 4) is 0 Å². The van der Waals surface area contributed by atoms with Gasteiger partial charge in [0.2, 0.25) is 0 Å². The predicted octanol–water partition coefficient (Wildman–Crippen LogP) is 6.76. The number of fused-ring (bicyclic) bond motifs is 2. The molecule has 0 heterocycles. The highest BCUT2D eigenvalue weighted by Crippen LogP contribution is 2.68. The fourth-order valence-corrected chi connectivity index (χ4v) is 7.63. The van der Waals surface area contributed by atoms with Gasteiger partial charge in [-0.25, -0.2) is 4.79 Å². The summed E-state index contributed by atoms with van der Waals surface area (Å²) in [6, 6.07) is 0. The Kier molecular flexibility index (Phi) is 7.41. The Balaban J connectivity index is 1.97. The van der Waals surface area contributed by atoms with Crippen LogP contribution in [0.25, 0.3) is 0 Å². The topological polar surface area (TPSA) is 91.7 Å². The van der Waals surface area contributed by atoms with E-state index in [1.165, 1.54) is 24.1 Å². The Labute approximate surface area is 210 Å². The predicted molar refractivity (Wildman–Crippen MR) is 138 cm³/mol. The summed E-state index contributed by atoms with van der Waals surface area (Å²) in [6.45, 7) is 16.8. The molecule has 5 heteroatoms. The highest BCUT2D eigenvalue weighted by Gasteiger charge is 2.58. The normalized spacial score (nSPS) is 35.3. The third-order valence-electron chi connectivity index (χ3n) is 10.2. The Hall–Kier alpha value is -2.43. The van der Waals surface area contributed by atoms with Crippen molar-refractivity contribution in [2.75, 3.05) is 0 Å². The van der Waals surface area contributed by atoms with Gasteiger partial charge in [-0.15, -0.1) is 0 Å². The van der Waals surface area contributed by atoms with E-state index < -0.39 is 11.9 Å². The number of carboxylic acid groups (broad SMARTS) is 2. The Morgan fingerprint density at radius 1 is 1.17 bits per heavy atom. The molecule has 0 spiro atoms. The van der Waals surface area contributed by atoms with Crippen molar-refractivity contribution in [3.05, 3.63) is 47.1 Å².